The lowest BCUT2D eigenvalue weighted by Gasteiger charge is -2.05. The third-order valence-electron chi connectivity index (χ3n) is 2.48. The zero-order valence-corrected chi connectivity index (χ0v) is 7.71. The van der Waals surface area contributed by atoms with Gasteiger partial charge in [-0.3, -0.25) is 4.79 Å². The monoisotopic (exact) mass is 196 g/mol. The molecule has 0 radical (unpaired) electrons. The molecule has 0 bridgehead atoms. The lowest BCUT2D eigenvalue weighted by atomic mass is 10.0. The minimum atomic E-state index is -0.749. The first-order valence-electron chi connectivity index (χ1n) is 4.19. The van der Waals surface area contributed by atoms with E-state index in [0.29, 0.717) is 11.4 Å². The molecule has 0 saturated carbocycles. The number of hydrogen-bond donors (Lipinski definition) is 1. The van der Waals surface area contributed by atoms with Gasteiger partial charge in [0.25, 0.3) is 0 Å². The first-order valence-corrected chi connectivity index (χ1v) is 4.57. The Morgan fingerprint density at radius 3 is 3.00 bits per heavy atom. The van der Waals surface area contributed by atoms with Crippen molar-refractivity contribution in [2.24, 2.45) is 0 Å². The molecule has 1 unspecified atom stereocenters. The van der Waals surface area contributed by atoms with Gasteiger partial charge in [-0.25, -0.2) is 0 Å². The van der Waals surface area contributed by atoms with Crippen molar-refractivity contribution in [2.75, 3.05) is 0 Å². The molecule has 1 N–H and O–H groups in total. The van der Waals surface area contributed by atoms with Gasteiger partial charge in [-0.1, -0.05) is 17.7 Å². The highest BCUT2D eigenvalue weighted by Crippen LogP contribution is 2.34. The molecule has 0 amide bonds. The molecule has 1 aromatic carbocycles. The van der Waals surface area contributed by atoms with Crippen LogP contribution >= 0.6 is 11.6 Å². The molecule has 0 aromatic heterocycles. The van der Waals surface area contributed by atoms with Crippen molar-refractivity contribution in [1.82, 2.24) is 0 Å². The van der Waals surface area contributed by atoms with Crippen LogP contribution in [0, 0.1) is 0 Å². The van der Waals surface area contributed by atoms with Gasteiger partial charge in [0.05, 0.1) is 5.92 Å². The quantitative estimate of drug-likeness (QED) is 0.749. The van der Waals surface area contributed by atoms with Gasteiger partial charge in [0.2, 0.25) is 0 Å². The average Bonchev–Trinajstić information content (AvgIpc) is 2.46. The zero-order chi connectivity index (χ0) is 9.42. The molecule has 1 aliphatic carbocycles. The Morgan fingerprint density at radius 2 is 2.31 bits per heavy atom. The van der Waals surface area contributed by atoms with Crippen LogP contribution in [0.15, 0.2) is 18.2 Å². The van der Waals surface area contributed by atoms with E-state index in [1.54, 1.807) is 6.07 Å². The summed E-state index contributed by atoms with van der Waals surface area (Å²) < 4.78 is 0. The fraction of sp³-hybridized carbons (Fsp3) is 0.300. The predicted octanol–water partition coefficient (Wildman–Crippen LogP) is 2.45. The molecule has 68 valence electrons. The first-order chi connectivity index (χ1) is 6.18. The molecule has 0 aliphatic heterocycles. The van der Waals surface area contributed by atoms with E-state index >= 15 is 0 Å². The Kier molecular flexibility index (Phi) is 2.00. The second kappa shape index (κ2) is 3.04. The van der Waals surface area contributed by atoms with Gasteiger partial charge in [-0.15, -0.1) is 0 Å². The summed E-state index contributed by atoms with van der Waals surface area (Å²) in [4.78, 5) is 10.8. The van der Waals surface area contributed by atoms with Crippen molar-refractivity contribution < 1.29 is 9.90 Å². The maximum absolute atomic E-state index is 10.8. The molecule has 0 spiro atoms. The number of fused-ring (bicyclic) bond motifs is 1. The molecule has 2 rings (SSSR count). The van der Waals surface area contributed by atoms with E-state index in [2.05, 4.69) is 0 Å². The maximum atomic E-state index is 10.8. The maximum Gasteiger partial charge on any atom is 0.310 e. The number of carboxylic acids is 1. The molecule has 13 heavy (non-hydrogen) atoms. The molecule has 1 aromatic rings. The lowest BCUT2D eigenvalue weighted by Crippen LogP contribution is -2.07. The highest BCUT2D eigenvalue weighted by atomic mass is 35.5. The number of carboxylic acid groups (broad SMARTS) is 1. The first kappa shape index (κ1) is 8.57. The number of carbonyl (C=O) groups is 1. The van der Waals surface area contributed by atoms with Crippen molar-refractivity contribution >= 4 is 17.6 Å². The van der Waals surface area contributed by atoms with E-state index in [9.17, 15) is 4.79 Å². The van der Waals surface area contributed by atoms with Crippen LogP contribution in [-0.2, 0) is 11.2 Å². The van der Waals surface area contributed by atoms with E-state index < -0.39 is 5.97 Å². The Balaban J connectivity index is 2.46. The Hall–Kier alpha value is -1.02. The summed E-state index contributed by atoms with van der Waals surface area (Å²) in [5, 5.41) is 9.53. The zero-order valence-electron chi connectivity index (χ0n) is 6.96. The highest BCUT2D eigenvalue weighted by molar-refractivity contribution is 6.30. The third-order valence-corrected chi connectivity index (χ3v) is 2.72. The molecule has 3 heteroatoms. The van der Waals surface area contributed by atoms with Gasteiger partial charge in [0.1, 0.15) is 0 Å². The van der Waals surface area contributed by atoms with Gasteiger partial charge in [-0.2, -0.15) is 0 Å². The van der Waals surface area contributed by atoms with Gasteiger partial charge >= 0.3 is 5.97 Å². The van der Waals surface area contributed by atoms with E-state index in [0.717, 1.165) is 17.5 Å². The Labute approximate surface area is 81.1 Å². The van der Waals surface area contributed by atoms with Crippen LogP contribution < -0.4 is 0 Å². The molecule has 1 atom stereocenters. The molecule has 0 fully saturated rings. The number of aliphatic carboxylic acids is 1. The second-order valence-corrected chi connectivity index (χ2v) is 3.71. The summed E-state index contributed by atoms with van der Waals surface area (Å²) in [7, 11) is 0. The van der Waals surface area contributed by atoms with Crippen molar-refractivity contribution in [3.05, 3.63) is 34.3 Å². The normalized spacial score (nSPS) is 19.9. The number of benzene rings is 1. The van der Waals surface area contributed by atoms with Gasteiger partial charge in [0, 0.05) is 5.02 Å². The van der Waals surface area contributed by atoms with Gasteiger partial charge in [-0.05, 0) is 36.1 Å². The number of aryl methyl sites for hydroxylation is 1. The molecule has 0 saturated heterocycles. The van der Waals surface area contributed by atoms with Crippen molar-refractivity contribution in [3.8, 4) is 0 Å². The standard InChI is InChI=1S/C10H9ClO2/c11-7-3-1-6-2-4-8(10(12)13)9(6)5-7/h1,3,5,8H,2,4H2,(H,12,13). The fourth-order valence-electron chi connectivity index (χ4n) is 1.83. The van der Waals surface area contributed by atoms with E-state index in [1.165, 1.54) is 0 Å². The van der Waals surface area contributed by atoms with E-state index in [-0.39, 0.29) is 5.92 Å². The fourth-order valence-corrected chi connectivity index (χ4v) is 2.01. The van der Waals surface area contributed by atoms with Crippen LogP contribution in [0.5, 0.6) is 0 Å². The van der Waals surface area contributed by atoms with Crippen molar-refractivity contribution in [1.29, 1.82) is 0 Å². The lowest BCUT2D eigenvalue weighted by molar-refractivity contribution is -0.138. The van der Waals surface area contributed by atoms with E-state index in [4.69, 9.17) is 16.7 Å². The summed E-state index contributed by atoms with van der Waals surface area (Å²) in [5.74, 6) is -1.10. The number of rotatable bonds is 1. The topological polar surface area (TPSA) is 37.3 Å². The smallest absolute Gasteiger partial charge is 0.310 e. The van der Waals surface area contributed by atoms with Crippen LogP contribution in [0.4, 0.5) is 0 Å². The summed E-state index contributed by atoms with van der Waals surface area (Å²) in [5.41, 5.74) is 2.01. The SMILES string of the molecule is O=C(O)C1CCc2ccc(Cl)cc21. The molecule has 1 aliphatic rings. The number of hydrogen-bond acceptors (Lipinski definition) is 1. The summed E-state index contributed by atoms with van der Waals surface area (Å²) >= 11 is 5.80. The van der Waals surface area contributed by atoms with Gasteiger partial charge in [0.15, 0.2) is 0 Å². The Bertz CT molecular complexity index is 360. The largest absolute Gasteiger partial charge is 0.481 e. The van der Waals surface area contributed by atoms with Crippen molar-refractivity contribution in [2.45, 2.75) is 18.8 Å². The van der Waals surface area contributed by atoms with Gasteiger partial charge < -0.3 is 5.11 Å². The predicted molar refractivity (Wildman–Crippen MR) is 50.1 cm³/mol. The minimum Gasteiger partial charge on any atom is -0.481 e. The number of halogens is 1. The minimum absolute atomic E-state index is 0.353. The van der Waals surface area contributed by atoms with E-state index in [1.807, 2.05) is 12.1 Å². The van der Waals surface area contributed by atoms with Crippen LogP contribution in [0.1, 0.15) is 23.5 Å². The Morgan fingerprint density at radius 1 is 1.54 bits per heavy atom. The second-order valence-electron chi connectivity index (χ2n) is 3.27. The summed E-state index contributed by atoms with van der Waals surface area (Å²) in [6, 6.07) is 5.49. The molecule has 0 heterocycles. The van der Waals surface area contributed by atoms with Crippen LogP contribution in [0.3, 0.4) is 0 Å². The summed E-state index contributed by atoms with van der Waals surface area (Å²) in [6.07, 6.45) is 1.55. The van der Waals surface area contributed by atoms with Crippen LogP contribution in [0.2, 0.25) is 5.02 Å². The van der Waals surface area contributed by atoms with Crippen LogP contribution in [0.25, 0.3) is 0 Å². The molecular formula is C10H9ClO2. The summed E-state index contributed by atoms with van der Waals surface area (Å²) in [6.45, 7) is 0. The van der Waals surface area contributed by atoms with Crippen molar-refractivity contribution in [3.63, 3.8) is 0 Å². The van der Waals surface area contributed by atoms with Crippen LogP contribution in [-0.4, -0.2) is 11.1 Å². The highest BCUT2D eigenvalue weighted by Gasteiger charge is 2.28. The third kappa shape index (κ3) is 1.42. The molecule has 2 nitrogen and oxygen atoms in total. The average molecular weight is 197 g/mol. The molecular weight excluding hydrogens is 188 g/mol.